The fourth-order valence-electron chi connectivity index (χ4n) is 3.32. The van der Waals surface area contributed by atoms with Gasteiger partial charge in [-0.25, -0.2) is 8.42 Å². The third-order valence-electron chi connectivity index (χ3n) is 5.05. The third kappa shape index (κ3) is 5.06. The summed E-state index contributed by atoms with van der Waals surface area (Å²) < 4.78 is 28.5. The lowest BCUT2D eigenvalue weighted by molar-refractivity contribution is -0.124. The number of rotatable bonds is 8. The van der Waals surface area contributed by atoms with Crippen molar-refractivity contribution in [2.45, 2.75) is 42.5 Å². The molecule has 1 fully saturated rings. The molecule has 0 spiro atoms. The average Bonchev–Trinajstić information content (AvgIpc) is 2.62. The summed E-state index contributed by atoms with van der Waals surface area (Å²) in [6.45, 7) is 0.388. The largest absolute Gasteiger partial charge is 0.494 e. The molecule has 28 heavy (non-hydrogen) atoms. The first-order valence-electron chi connectivity index (χ1n) is 9.29. The zero-order valence-electron chi connectivity index (χ0n) is 15.8. The number of ether oxygens (including phenoxy) is 1. The molecule has 1 aliphatic rings. The molecule has 0 heterocycles. The lowest BCUT2D eigenvalue weighted by Gasteiger charge is -2.43. The predicted octanol–water partition coefficient (Wildman–Crippen LogP) is 4.10. The van der Waals surface area contributed by atoms with Crippen molar-refractivity contribution in [2.24, 2.45) is 0 Å². The van der Waals surface area contributed by atoms with Crippen LogP contribution in [0.4, 0.5) is 0 Å². The van der Waals surface area contributed by atoms with Crippen LogP contribution in [0, 0.1) is 0 Å². The van der Waals surface area contributed by atoms with Crippen LogP contribution in [0.3, 0.4) is 0 Å². The number of hydrogen-bond donors (Lipinski definition) is 1. The summed E-state index contributed by atoms with van der Waals surface area (Å²) in [6, 6.07) is 13.9. The summed E-state index contributed by atoms with van der Waals surface area (Å²) in [5, 5.41) is 3.87. The molecule has 1 N–H and O–H groups in total. The van der Waals surface area contributed by atoms with Crippen molar-refractivity contribution >= 4 is 27.3 Å². The molecule has 5 nitrogen and oxygen atoms in total. The van der Waals surface area contributed by atoms with E-state index in [-0.39, 0.29) is 16.3 Å². The highest BCUT2D eigenvalue weighted by Crippen LogP contribution is 2.41. The normalized spacial score (nSPS) is 15.5. The maximum atomic E-state index is 12.4. The second-order valence-electron chi connectivity index (χ2n) is 7.19. The molecule has 1 saturated carbocycles. The van der Waals surface area contributed by atoms with Gasteiger partial charge < -0.3 is 10.1 Å². The number of sulfone groups is 1. The Morgan fingerprint density at radius 3 is 2.29 bits per heavy atom. The molecule has 0 radical (unpaired) electrons. The standard InChI is InChI=1S/C21H24ClNO4S/c1-28(25,26)19-11-9-18(10-12-19)27-15-2-4-20(24)23-21(13-3-14-21)16-5-7-17(22)8-6-16/h5-12H,2-4,13-15H2,1H3,(H,23,24). The van der Waals surface area contributed by atoms with Crippen LogP contribution < -0.4 is 10.1 Å². The first kappa shape index (κ1) is 20.7. The van der Waals surface area contributed by atoms with E-state index in [1.807, 2.05) is 24.3 Å². The molecule has 0 aliphatic heterocycles. The summed E-state index contributed by atoms with van der Waals surface area (Å²) in [5.41, 5.74) is 0.822. The molecule has 7 heteroatoms. The molecular formula is C21H24ClNO4S. The number of carbonyl (C=O) groups is 1. The summed E-state index contributed by atoms with van der Waals surface area (Å²) in [7, 11) is -3.21. The van der Waals surface area contributed by atoms with Crippen LogP contribution in [0.15, 0.2) is 53.4 Å². The zero-order chi connectivity index (χ0) is 20.2. The minimum atomic E-state index is -3.21. The first-order chi connectivity index (χ1) is 13.3. The average molecular weight is 422 g/mol. The van der Waals surface area contributed by atoms with Gasteiger partial charge in [-0.3, -0.25) is 4.79 Å². The van der Waals surface area contributed by atoms with Crippen molar-refractivity contribution in [1.82, 2.24) is 5.32 Å². The number of carbonyl (C=O) groups excluding carboxylic acids is 1. The predicted molar refractivity (Wildman–Crippen MR) is 109 cm³/mol. The van der Waals surface area contributed by atoms with Crippen molar-refractivity contribution in [1.29, 1.82) is 0 Å². The van der Waals surface area contributed by atoms with E-state index in [4.69, 9.17) is 16.3 Å². The van der Waals surface area contributed by atoms with Gasteiger partial charge in [0.25, 0.3) is 0 Å². The van der Waals surface area contributed by atoms with Crippen molar-refractivity contribution in [2.75, 3.05) is 12.9 Å². The summed E-state index contributed by atoms with van der Waals surface area (Å²) in [6.07, 6.45) is 5.08. The molecule has 2 aromatic rings. The molecule has 0 aromatic heterocycles. The third-order valence-corrected chi connectivity index (χ3v) is 6.43. The Balaban J connectivity index is 1.46. The van der Waals surface area contributed by atoms with Gasteiger partial charge in [0, 0.05) is 17.7 Å². The molecule has 0 saturated heterocycles. The van der Waals surface area contributed by atoms with Gasteiger partial charge in [-0.15, -0.1) is 0 Å². The lowest BCUT2D eigenvalue weighted by atomic mass is 9.71. The minimum Gasteiger partial charge on any atom is -0.494 e. The Bertz CT molecular complexity index is 920. The summed E-state index contributed by atoms with van der Waals surface area (Å²) >= 11 is 5.96. The van der Waals surface area contributed by atoms with Gasteiger partial charge in [-0.1, -0.05) is 23.7 Å². The van der Waals surface area contributed by atoms with Crippen molar-refractivity contribution in [3.05, 3.63) is 59.1 Å². The van der Waals surface area contributed by atoms with Gasteiger partial charge in [0.15, 0.2) is 9.84 Å². The van der Waals surface area contributed by atoms with E-state index >= 15 is 0 Å². The van der Waals surface area contributed by atoms with Crippen LogP contribution >= 0.6 is 11.6 Å². The lowest BCUT2D eigenvalue weighted by Crippen LogP contribution is -2.50. The Morgan fingerprint density at radius 1 is 1.11 bits per heavy atom. The number of benzene rings is 2. The molecular weight excluding hydrogens is 398 g/mol. The topological polar surface area (TPSA) is 72.5 Å². The zero-order valence-corrected chi connectivity index (χ0v) is 17.4. The fraction of sp³-hybridized carbons (Fsp3) is 0.381. The molecule has 2 aromatic carbocycles. The number of amides is 1. The highest BCUT2D eigenvalue weighted by molar-refractivity contribution is 7.90. The molecule has 0 unspecified atom stereocenters. The number of halogens is 1. The summed E-state index contributed by atoms with van der Waals surface area (Å²) in [4.78, 5) is 12.7. The van der Waals surface area contributed by atoms with Gasteiger partial charge >= 0.3 is 0 Å². The minimum absolute atomic E-state index is 0.00525. The quantitative estimate of drug-likeness (QED) is 0.651. The van der Waals surface area contributed by atoms with Crippen LogP contribution in [-0.4, -0.2) is 27.2 Å². The van der Waals surface area contributed by atoms with E-state index < -0.39 is 9.84 Å². The SMILES string of the molecule is CS(=O)(=O)c1ccc(OCCCC(=O)NC2(c3ccc(Cl)cc3)CCC2)cc1. The summed E-state index contributed by atoms with van der Waals surface area (Å²) in [5.74, 6) is 0.593. The van der Waals surface area contributed by atoms with Gasteiger partial charge in [0.2, 0.25) is 5.91 Å². The van der Waals surface area contributed by atoms with Crippen LogP contribution in [0.25, 0.3) is 0 Å². The fourth-order valence-corrected chi connectivity index (χ4v) is 4.08. The second-order valence-corrected chi connectivity index (χ2v) is 9.64. The van der Waals surface area contributed by atoms with Gasteiger partial charge in [0.05, 0.1) is 17.0 Å². The van der Waals surface area contributed by atoms with Crippen LogP contribution in [-0.2, 0) is 20.2 Å². The highest BCUT2D eigenvalue weighted by Gasteiger charge is 2.39. The first-order valence-corrected chi connectivity index (χ1v) is 11.6. The van der Waals surface area contributed by atoms with E-state index in [1.165, 1.54) is 18.4 Å². The van der Waals surface area contributed by atoms with Crippen molar-refractivity contribution in [3.8, 4) is 5.75 Å². The Hall–Kier alpha value is -2.05. The highest BCUT2D eigenvalue weighted by atomic mass is 35.5. The monoisotopic (exact) mass is 421 g/mol. The molecule has 1 aliphatic carbocycles. The number of nitrogens with one attached hydrogen (secondary N) is 1. The Kier molecular flexibility index (Phi) is 6.30. The van der Waals surface area contributed by atoms with E-state index in [0.29, 0.717) is 30.2 Å². The van der Waals surface area contributed by atoms with Gasteiger partial charge in [0.1, 0.15) is 5.75 Å². The van der Waals surface area contributed by atoms with Gasteiger partial charge in [-0.05, 0) is 67.6 Å². The Morgan fingerprint density at radius 2 is 1.75 bits per heavy atom. The second kappa shape index (κ2) is 8.53. The number of hydrogen-bond acceptors (Lipinski definition) is 4. The van der Waals surface area contributed by atoms with Crippen LogP contribution in [0.5, 0.6) is 5.75 Å². The van der Waals surface area contributed by atoms with Crippen LogP contribution in [0.2, 0.25) is 5.02 Å². The molecule has 150 valence electrons. The Labute approximate surface area is 171 Å². The molecule has 0 bridgehead atoms. The van der Waals surface area contributed by atoms with Crippen molar-refractivity contribution in [3.63, 3.8) is 0 Å². The molecule has 1 amide bonds. The van der Waals surface area contributed by atoms with Gasteiger partial charge in [-0.2, -0.15) is 0 Å². The molecule has 3 rings (SSSR count). The maximum Gasteiger partial charge on any atom is 0.220 e. The molecule has 0 atom stereocenters. The van der Waals surface area contributed by atoms with E-state index in [2.05, 4.69) is 5.32 Å². The van der Waals surface area contributed by atoms with E-state index in [1.54, 1.807) is 12.1 Å². The maximum absolute atomic E-state index is 12.4. The van der Waals surface area contributed by atoms with Crippen molar-refractivity contribution < 1.29 is 17.9 Å². The van der Waals surface area contributed by atoms with E-state index in [9.17, 15) is 13.2 Å². The van der Waals surface area contributed by atoms with E-state index in [0.717, 1.165) is 24.8 Å². The van der Waals surface area contributed by atoms with Crippen LogP contribution in [0.1, 0.15) is 37.7 Å². The smallest absolute Gasteiger partial charge is 0.220 e.